The van der Waals surface area contributed by atoms with Crippen LogP contribution in [0.1, 0.15) is 19.0 Å². The Labute approximate surface area is 115 Å². The van der Waals surface area contributed by atoms with Crippen LogP contribution >= 0.6 is 23.4 Å². The molecule has 5 nitrogen and oxygen atoms in total. The lowest BCUT2D eigenvalue weighted by Gasteiger charge is -2.11. The summed E-state index contributed by atoms with van der Waals surface area (Å²) in [5.74, 6) is 0.0687. The third-order valence-electron chi connectivity index (χ3n) is 2.64. The molecule has 0 radical (unpaired) electrons. The molecular weight excluding hydrogens is 296 g/mol. The Morgan fingerprint density at radius 1 is 1.50 bits per heavy atom. The second kappa shape index (κ2) is 5.32. The zero-order valence-corrected chi connectivity index (χ0v) is 12.1. The van der Waals surface area contributed by atoms with Crippen molar-refractivity contribution in [2.45, 2.75) is 34.9 Å². The molecule has 1 aromatic heterocycles. The van der Waals surface area contributed by atoms with Gasteiger partial charge in [0.15, 0.2) is 9.84 Å². The lowest BCUT2D eigenvalue weighted by Crippen LogP contribution is -2.06. The first kappa shape index (κ1) is 14.0. The van der Waals surface area contributed by atoms with Gasteiger partial charge in [0.25, 0.3) is 0 Å². The third-order valence-corrected chi connectivity index (χ3v) is 5.89. The Kier molecular flexibility index (Phi) is 4.15. The number of aliphatic hydroxyl groups excluding tert-OH is 1. The van der Waals surface area contributed by atoms with Gasteiger partial charge in [-0.05, 0) is 18.0 Å². The molecule has 8 heteroatoms. The minimum absolute atomic E-state index is 0.0575. The van der Waals surface area contributed by atoms with Gasteiger partial charge < -0.3 is 5.11 Å². The monoisotopic (exact) mass is 308 g/mol. The van der Waals surface area contributed by atoms with Gasteiger partial charge in [0, 0.05) is 18.3 Å². The molecule has 0 amide bonds. The maximum Gasteiger partial charge on any atom is 0.223 e. The van der Waals surface area contributed by atoms with E-state index in [1.807, 2.05) is 6.92 Å². The first-order valence-electron chi connectivity index (χ1n) is 5.50. The highest BCUT2D eigenvalue weighted by Crippen LogP contribution is 2.36. The van der Waals surface area contributed by atoms with E-state index in [4.69, 9.17) is 16.7 Å². The summed E-state index contributed by atoms with van der Waals surface area (Å²) in [6, 6.07) is 0. The largest absolute Gasteiger partial charge is 0.396 e. The minimum Gasteiger partial charge on any atom is -0.396 e. The molecule has 1 unspecified atom stereocenters. The van der Waals surface area contributed by atoms with Crippen LogP contribution < -0.4 is 0 Å². The molecule has 0 spiro atoms. The number of thioether (sulfide) groups is 1. The van der Waals surface area contributed by atoms with Crippen molar-refractivity contribution in [2.24, 2.45) is 0 Å². The van der Waals surface area contributed by atoms with E-state index < -0.39 is 9.84 Å². The molecule has 0 saturated heterocycles. The van der Waals surface area contributed by atoms with Gasteiger partial charge in [0.2, 0.25) is 5.28 Å². The van der Waals surface area contributed by atoms with Gasteiger partial charge in [-0.2, -0.15) is 0 Å². The van der Waals surface area contributed by atoms with E-state index in [1.54, 1.807) is 0 Å². The summed E-state index contributed by atoms with van der Waals surface area (Å²) in [7, 11) is -3.28. The molecular formula is C10H13ClN2O3S2. The number of hydrogen-bond acceptors (Lipinski definition) is 6. The molecule has 1 aromatic rings. The Morgan fingerprint density at radius 2 is 2.22 bits per heavy atom. The zero-order valence-electron chi connectivity index (χ0n) is 9.76. The molecule has 1 aliphatic heterocycles. The third kappa shape index (κ3) is 2.79. The molecule has 0 fully saturated rings. The van der Waals surface area contributed by atoms with Crippen LogP contribution in [0, 0.1) is 0 Å². The Hall–Kier alpha value is -0.370. The number of sulfone groups is 1. The molecule has 0 saturated carbocycles. The summed E-state index contributed by atoms with van der Waals surface area (Å²) < 4.78 is 23.9. The van der Waals surface area contributed by atoms with E-state index in [9.17, 15) is 8.42 Å². The fourth-order valence-electron chi connectivity index (χ4n) is 1.77. The number of nitrogens with zero attached hydrogens (tertiary/aromatic N) is 2. The average molecular weight is 309 g/mol. The number of hydrogen-bond donors (Lipinski definition) is 1. The van der Waals surface area contributed by atoms with Crippen LogP contribution in [0.3, 0.4) is 0 Å². The van der Waals surface area contributed by atoms with Crippen LogP contribution in [-0.4, -0.2) is 41.1 Å². The number of rotatable bonds is 4. The Balaban J connectivity index is 2.42. The van der Waals surface area contributed by atoms with Crippen molar-refractivity contribution >= 4 is 33.2 Å². The van der Waals surface area contributed by atoms with Gasteiger partial charge in [-0.3, -0.25) is 0 Å². The summed E-state index contributed by atoms with van der Waals surface area (Å²) in [6.45, 7) is 1.97. The average Bonchev–Trinajstić information content (AvgIpc) is 2.54. The molecule has 2 heterocycles. The van der Waals surface area contributed by atoms with E-state index in [0.717, 1.165) is 0 Å². The maximum atomic E-state index is 11.9. The highest BCUT2D eigenvalue weighted by molar-refractivity contribution is 8.00. The number of halogens is 1. The van der Waals surface area contributed by atoms with Crippen molar-refractivity contribution in [2.75, 3.05) is 12.4 Å². The molecule has 18 heavy (non-hydrogen) atoms. The van der Waals surface area contributed by atoms with Crippen molar-refractivity contribution < 1.29 is 13.5 Å². The number of aliphatic hydroxyl groups is 1. The first-order valence-corrected chi connectivity index (χ1v) is 8.41. The fourth-order valence-corrected chi connectivity index (χ4v) is 4.99. The summed E-state index contributed by atoms with van der Waals surface area (Å²) in [6.07, 6.45) is 0.961. The molecule has 0 aliphatic carbocycles. The second-order valence-corrected chi connectivity index (χ2v) is 7.89. The Morgan fingerprint density at radius 3 is 2.89 bits per heavy atom. The minimum atomic E-state index is -3.28. The first-order chi connectivity index (χ1) is 8.44. The van der Waals surface area contributed by atoms with E-state index in [2.05, 4.69) is 9.97 Å². The zero-order chi connectivity index (χ0) is 13.3. The van der Waals surface area contributed by atoms with Crippen LogP contribution in [0.25, 0.3) is 0 Å². The topological polar surface area (TPSA) is 80.2 Å². The van der Waals surface area contributed by atoms with Crippen LogP contribution in [0.2, 0.25) is 5.28 Å². The lowest BCUT2D eigenvalue weighted by atomic mass is 10.3. The van der Waals surface area contributed by atoms with Crippen LogP contribution in [0.4, 0.5) is 0 Å². The predicted molar refractivity (Wildman–Crippen MR) is 69.8 cm³/mol. The fraction of sp³-hybridized carbons (Fsp3) is 0.600. The second-order valence-electron chi connectivity index (χ2n) is 4.08. The summed E-state index contributed by atoms with van der Waals surface area (Å²) >= 11 is 7.12. The van der Waals surface area contributed by atoms with Gasteiger partial charge in [-0.25, -0.2) is 18.4 Å². The van der Waals surface area contributed by atoms with Gasteiger partial charge in [0.1, 0.15) is 9.92 Å². The van der Waals surface area contributed by atoms with Crippen molar-refractivity contribution in [1.29, 1.82) is 0 Å². The van der Waals surface area contributed by atoms with Crippen LogP contribution in [0.15, 0.2) is 9.92 Å². The van der Waals surface area contributed by atoms with Gasteiger partial charge in [0.05, 0.1) is 11.4 Å². The van der Waals surface area contributed by atoms with Crippen molar-refractivity contribution in [1.82, 2.24) is 9.97 Å². The maximum absolute atomic E-state index is 11.9. The smallest absolute Gasteiger partial charge is 0.223 e. The molecule has 1 N–H and O–H groups in total. The standard InChI is InChI=1S/C10H13ClN2O3S2/c1-6(2-4-14)17-9-8-7(12-10(11)13-9)3-5-18(8,15)16/h6,14H,2-5H2,1H3. The highest BCUT2D eigenvalue weighted by Gasteiger charge is 2.32. The highest BCUT2D eigenvalue weighted by atomic mass is 35.5. The summed E-state index contributed by atoms with van der Waals surface area (Å²) in [5.41, 5.74) is 0.508. The van der Waals surface area contributed by atoms with E-state index in [1.165, 1.54) is 11.8 Å². The van der Waals surface area contributed by atoms with Crippen LogP contribution in [-0.2, 0) is 16.3 Å². The molecule has 0 aromatic carbocycles. The number of aromatic nitrogens is 2. The number of aryl methyl sites for hydroxylation is 1. The lowest BCUT2D eigenvalue weighted by molar-refractivity contribution is 0.289. The SMILES string of the molecule is CC(CCO)Sc1nc(Cl)nc2c1S(=O)(=O)CC2. The normalized spacial score (nSPS) is 18.6. The van der Waals surface area contributed by atoms with Crippen LogP contribution in [0.5, 0.6) is 0 Å². The van der Waals surface area contributed by atoms with Gasteiger partial charge >= 0.3 is 0 Å². The predicted octanol–water partition coefficient (Wildman–Crippen LogP) is 1.32. The van der Waals surface area contributed by atoms with Gasteiger partial charge in [-0.15, -0.1) is 11.8 Å². The van der Waals surface area contributed by atoms with Gasteiger partial charge in [-0.1, -0.05) is 6.92 Å². The molecule has 0 bridgehead atoms. The van der Waals surface area contributed by atoms with Crippen molar-refractivity contribution in [3.63, 3.8) is 0 Å². The van der Waals surface area contributed by atoms with E-state index in [0.29, 0.717) is 23.6 Å². The molecule has 100 valence electrons. The van der Waals surface area contributed by atoms with Crippen molar-refractivity contribution in [3.8, 4) is 0 Å². The Bertz CT molecular complexity index is 562. The quantitative estimate of drug-likeness (QED) is 0.513. The van der Waals surface area contributed by atoms with Crippen molar-refractivity contribution in [3.05, 3.63) is 11.0 Å². The molecule has 1 atom stereocenters. The molecule has 2 rings (SSSR count). The van der Waals surface area contributed by atoms with E-state index in [-0.39, 0.29) is 27.8 Å². The summed E-state index contributed by atoms with van der Waals surface area (Å²) in [5, 5.41) is 9.42. The number of fused-ring (bicyclic) bond motifs is 1. The van der Waals surface area contributed by atoms with E-state index >= 15 is 0 Å². The summed E-state index contributed by atoms with van der Waals surface area (Å²) in [4.78, 5) is 8.22. The molecule has 1 aliphatic rings.